The van der Waals surface area contributed by atoms with Crippen LogP contribution in [0.5, 0.6) is 0 Å². The number of thiophene rings is 1. The van der Waals surface area contributed by atoms with Crippen LogP contribution < -0.4 is 11.1 Å². The molecule has 1 heterocycles. The van der Waals surface area contributed by atoms with Crippen molar-refractivity contribution in [1.29, 1.82) is 0 Å². The summed E-state index contributed by atoms with van der Waals surface area (Å²) in [5, 5.41) is 5.04. The monoisotopic (exact) mass is 304 g/mol. The number of carbonyl (C=O) groups is 1. The Kier molecular flexibility index (Phi) is 6.28. The highest BCUT2D eigenvalue weighted by Crippen LogP contribution is 2.28. The van der Waals surface area contributed by atoms with Crippen LogP contribution in [0.4, 0.5) is 0 Å². The third-order valence-corrected chi connectivity index (χ3v) is 4.90. The lowest BCUT2D eigenvalue weighted by Gasteiger charge is -2.28. The Morgan fingerprint density at radius 3 is 2.86 bits per heavy atom. The van der Waals surface area contributed by atoms with Gasteiger partial charge in [-0.1, -0.05) is 31.6 Å². The Morgan fingerprint density at radius 1 is 1.43 bits per heavy atom. The number of hydrogen-bond donors (Lipinski definition) is 2. The van der Waals surface area contributed by atoms with Gasteiger partial charge in [0.15, 0.2) is 0 Å². The van der Waals surface area contributed by atoms with Gasteiger partial charge in [0.2, 0.25) is 0 Å². The molecule has 1 saturated carbocycles. The number of amides is 1. The highest BCUT2D eigenvalue weighted by atomic mass is 32.1. The first-order chi connectivity index (χ1) is 10.2. The van der Waals surface area contributed by atoms with E-state index in [1.165, 1.54) is 37.0 Å². The normalized spacial score (nSPS) is 21.4. The van der Waals surface area contributed by atoms with E-state index in [4.69, 9.17) is 5.73 Å². The van der Waals surface area contributed by atoms with Crippen LogP contribution in [0.3, 0.4) is 0 Å². The second kappa shape index (κ2) is 8.21. The molecule has 1 amide bonds. The summed E-state index contributed by atoms with van der Waals surface area (Å²) in [6.45, 7) is 2.59. The van der Waals surface area contributed by atoms with Gasteiger partial charge in [-0.25, -0.2) is 0 Å². The Labute approximate surface area is 131 Å². The second-order valence-corrected chi connectivity index (χ2v) is 6.60. The Balaban J connectivity index is 1.83. The zero-order valence-corrected chi connectivity index (χ0v) is 13.5. The minimum absolute atomic E-state index is 0.0333. The van der Waals surface area contributed by atoms with Gasteiger partial charge in [-0.3, -0.25) is 4.79 Å². The third-order valence-electron chi connectivity index (χ3n) is 4.05. The van der Waals surface area contributed by atoms with Crippen molar-refractivity contribution in [2.24, 2.45) is 11.7 Å². The van der Waals surface area contributed by atoms with Crippen molar-refractivity contribution in [1.82, 2.24) is 5.32 Å². The molecule has 0 aliphatic heterocycles. The van der Waals surface area contributed by atoms with Crippen molar-refractivity contribution in [2.45, 2.75) is 51.5 Å². The number of rotatable bonds is 4. The lowest BCUT2D eigenvalue weighted by Crippen LogP contribution is -2.37. The molecule has 4 heteroatoms. The third kappa shape index (κ3) is 4.87. The van der Waals surface area contributed by atoms with Crippen LogP contribution in [-0.2, 0) is 0 Å². The van der Waals surface area contributed by atoms with Crippen LogP contribution in [0.2, 0.25) is 0 Å². The van der Waals surface area contributed by atoms with Gasteiger partial charge in [0.05, 0.1) is 17.0 Å². The van der Waals surface area contributed by atoms with Gasteiger partial charge < -0.3 is 11.1 Å². The SMILES string of the molecule is CCCC1CCC(NC(=O)c2csc(C#CCN)c2)CC1. The molecule has 1 fully saturated rings. The summed E-state index contributed by atoms with van der Waals surface area (Å²) in [6.07, 6.45) is 7.31. The molecule has 0 atom stereocenters. The average molecular weight is 304 g/mol. The highest BCUT2D eigenvalue weighted by Gasteiger charge is 2.22. The molecular formula is C17H24N2OS. The summed E-state index contributed by atoms with van der Waals surface area (Å²) in [7, 11) is 0. The maximum atomic E-state index is 12.2. The first kappa shape index (κ1) is 16.1. The smallest absolute Gasteiger partial charge is 0.252 e. The van der Waals surface area contributed by atoms with E-state index in [1.54, 1.807) is 0 Å². The van der Waals surface area contributed by atoms with Crippen molar-refractivity contribution in [3.63, 3.8) is 0 Å². The molecule has 1 aliphatic carbocycles. The first-order valence-corrected chi connectivity index (χ1v) is 8.69. The summed E-state index contributed by atoms with van der Waals surface area (Å²) in [5.74, 6) is 6.67. The lowest BCUT2D eigenvalue weighted by molar-refractivity contribution is 0.0921. The predicted octanol–water partition coefficient (Wildman–Crippen LogP) is 3.15. The Bertz CT molecular complexity index is 518. The Morgan fingerprint density at radius 2 is 2.19 bits per heavy atom. The molecule has 0 radical (unpaired) electrons. The molecule has 0 saturated heterocycles. The zero-order valence-electron chi connectivity index (χ0n) is 12.7. The van der Waals surface area contributed by atoms with Gasteiger partial charge in [-0.05, 0) is 37.7 Å². The molecule has 3 nitrogen and oxygen atoms in total. The molecule has 1 aromatic rings. The fraction of sp³-hybridized carbons (Fsp3) is 0.588. The van der Waals surface area contributed by atoms with Gasteiger partial charge in [-0.2, -0.15) is 0 Å². The van der Waals surface area contributed by atoms with Crippen molar-refractivity contribution >= 4 is 17.2 Å². The molecule has 2 rings (SSSR count). The van der Waals surface area contributed by atoms with E-state index < -0.39 is 0 Å². The van der Waals surface area contributed by atoms with Crippen molar-refractivity contribution in [3.8, 4) is 11.8 Å². The summed E-state index contributed by atoms with van der Waals surface area (Å²) in [5.41, 5.74) is 6.07. The van der Waals surface area contributed by atoms with Crippen molar-refractivity contribution in [2.75, 3.05) is 6.54 Å². The van der Waals surface area contributed by atoms with Gasteiger partial charge in [0, 0.05) is 11.4 Å². The molecule has 0 unspecified atom stereocenters. The number of nitrogens with one attached hydrogen (secondary N) is 1. The molecule has 21 heavy (non-hydrogen) atoms. The zero-order chi connectivity index (χ0) is 15.1. The van der Waals surface area contributed by atoms with Crippen LogP contribution in [0.15, 0.2) is 11.4 Å². The van der Waals surface area contributed by atoms with E-state index in [0.717, 1.165) is 29.2 Å². The van der Waals surface area contributed by atoms with Crippen LogP contribution in [0, 0.1) is 17.8 Å². The van der Waals surface area contributed by atoms with Crippen LogP contribution in [0.25, 0.3) is 0 Å². The lowest BCUT2D eigenvalue weighted by atomic mass is 9.83. The summed E-state index contributed by atoms with van der Waals surface area (Å²) in [4.78, 5) is 13.1. The van der Waals surface area contributed by atoms with E-state index in [0.29, 0.717) is 12.6 Å². The largest absolute Gasteiger partial charge is 0.349 e. The fourth-order valence-electron chi connectivity index (χ4n) is 2.93. The second-order valence-electron chi connectivity index (χ2n) is 5.69. The van der Waals surface area contributed by atoms with Crippen LogP contribution in [0.1, 0.15) is 60.7 Å². The minimum Gasteiger partial charge on any atom is -0.349 e. The van der Waals surface area contributed by atoms with Crippen LogP contribution in [-0.4, -0.2) is 18.5 Å². The van der Waals surface area contributed by atoms with Gasteiger partial charge in [0.25, 0.3) is 5.91 Å². The van der Waals surface area contributed by atoms with E-state index in [1.807, 2.05) is 11.4 Å². The van der Waals surface area contributed by atoms with Gasteiger partial charge >= 0.3 is 0 Å². The molecule has 3 N–H and O–H groups in total. The predicted molar refractivity (Wildman–Crippen MR) is 88.4 cm³/mol. The quantitative estimate of drug-likeness (QED) is 0.840. The van der Waals surface area contributed by atoms with E-state index in [9.17, 15) is 4.79 Å². The topological polar surface area (TPSA) is 55.1 Å². The molecule has 114 valence electrons. The van der Waals surface area contributed by atoms with Gasteiger partial charge in [-0.15, -0.1) is 11.3 Å². The molecule has 1 aromatic heterocycles. The number of hydrogen-bond acceptors (Lipinski definition) is 3. The van der Waals surface area contributed by atoms with Crippen LogP contribution >= 0.6 is 11.3 Å². The molecule has 0 aromatic carbocycles. The number of nitrogens with two attached hydrogens (primary N) is 1. The molecule has 0 bridgehead atoms. The maximum Gasteiger partial charge on any atom is 0.252 e. The standard InChI is InChI=1S/C17H24N2OS/c1-2-4-13-6-8-15(9-7-13)19-17(20)14-11-16(21-12-14)5-3-10-18/h11-13,15H,2,4,6-10,18H2,1H3,(H,19,20). The van der Waals surface area contributed by atoms with E-state index in [-0.39, 0.29) is 5.91 Å². The first-order valence-electron chi connectivity index (χ1n) is 7.81. The molecule has 0 spiro atoms. The summed E-state index contributed by atoms with van der Waals surface area (Å²) >= 11 is 1.50. The highest BCUT2D eigenvalue weighted by molar-refractivity contribution is 7.10. The minimum atomic E-state index is 0.0333. The molecule has 1 aliphatic rings. The van der Waals surface area contributed by atoms with Gasteiger partial charge in [0.1, 0.15) is 0 Å². The number of carbonyl (C=O) groups excluding carboxylic acids is 1. The average Bonchev–Trinajstić information content (AvgIpc) is 2.96. The Hall–Kier alpha value is -1.31. The van der Waals surface area contributed by atoms with E-state index in [2.05, 4.69) is 24.1 Å². The summed E-state index contributed by atoms with van der Waals surface area (Å²) < 4.78 is 0. The van der Waals surface area contributed by atoms with Crippen molar-refractivity contribution < 1.29 is 4.79 Å². The van der Waals surface area contributed by atoms with Crippen molar-refractivity contribution in [3.05, 3.63) is 21.9 Å². The summed E-state index contributed by atoms with van der Waals surface area (Å²) in [6, 6.07) is 2.19. The molecular weight excluding hydrogens is 280 g/mol. The fourth-order valence-corrected chi connectivity index (χ4v) is 3.69. The van der Waals surface area contributed by atoms with E-state index >= 15 is 0 Å². The maximum absolute atomic E-state index is 12.2.